The van der Waals surface area contributed by atoms with Gasteiger partial charge < -0.3 is 17.3 Å². The maximum absolute atomic E-state index is 5.58. The van der Waals surface area contributed by atoms with Gasteiger partial charge in [0, 0.05) is 18.0 Å². The van der Waals surface area contributed by atoms with Gasteiger partial charge in [0.15, 0.2) is 5.82 Å². The van der Waals surface area contributed by atoms with Crippen molar-refractivity contribution in [2.75, 3.05) is 17.3 Å². The Morgan fingerprint density at radius 3 is 2.50 bits per heavy atom. The lowest BCUT2D eigenvalue weighted by molar-refractivity contribution is 1.02. The molecule has 0 aliphatic heterocycles. The molecule has 2 heterocycles. The first-order valence-electron chi connectivity index (χ1n) is 3.85. The Hall–Kier alpha value is -2.31. The first-order valence-corrected chi connectivity index (χ1v) is 3.85. The van der Waals surface area contributed by atoms with Crippen molar-refractivity contribution in [2.24, 2.45) is 0 Å². The minimum atomic E-state index is 0.141. The molecule has 0 amide bonds. The van der Waals surface area contributed by atoms with Crippen LogP contribution in [0.15, 0.2) is 18.5 Å². The molecule has 0 bridgehead atoms. The zero-order chi connectivity index (χ0) is 10.1. The molecule has 6 N–H and O–H groups in total. The number of hydrogen-bond acceptors (Lipinski definition) is 6. The van der Waals surface area contributed by atoms with E-state index in [9.17, 15) is 0 Å². The molecule has 0 spiro atoms. The van der Waals surface area contributed by atoms with Crippen molar-refractivity contribution in [3.63, 3.8) is 0 Å². The molecular formula is C7H9N7. The van der Waals surface area contributed by atoms with Crippen LogP contribution in [-0.2, 0) is 0 Å². The average molecular weight is 191 g/mol. The van der Waals surface area contributed by atoms with E-state index in [1.807, 2.05) is 0 Å². The molecule has 72 valence electrons. The molecule has 2 aromatic heterocycles. The van der Waals surface area contributed by atoms with E-state index in [1.54, 1.807) is 12.3 Å². The lowest BCUT2D eigenvalue weighted by atomic mass is 10.2. The molecule has 7 nitrogen and oxygen atoms in total. The second-order valence-corrected chi connectivity index (χ2v) is 2.76. The van der Waals surface area contributed by atoms with Crippen molar-refractivity contribution < 1.29 is 0 Å². The summed E-state index contributed by atoms with van der Waals surface area (Å²) in [7, 11) is 0. The smallest absolute Gasteiger partial charge is 0.241 e. The summed E-state index contributed by atoms with van der Waals surface area (Å²) in [5.41, 5.74) is 12.2. The van der Waals surface area contributed by atoms with E-state index in [2.05, 4.69) is 15.2 Å². The number of pyridine rings is 1. The minimum Gasteiger partial charge on any atom is -0.397 e. The first-order chi connectivity index (χ1) is 6.68. The zero-order valence-corrected chi connectivity index (χ0v) is 7.25. The molecule has 0 aliphatic carbocycles. The lowest BCUT2D eigenvalue weighted by Crippen LogP contribution is -2.13. The van der Waals surface area contributed by atoms with Gasteiger partial charge in [0.2, 0.25) is 5.95 Å². The van der Waals surface area contributed by atoms with E-state index in [-0.39, 0.29) is 5.95 Å². The van der Waals surface area contributed by atoms with E-state index in [0.29, 0.717) is 17.1 Å². The van der Waals surface area contributed by atoms with Gasteiger partial charge in [-0.05, 0) is 6.07 Å². The number of nitrogens with zero attached hydrogens (tertiary/aromatic N) is 4. The fourth-order valence-electron chi connectivity index (χ4n) is 1.08. The number of nitrogen functional groups attached to an aromatic ring is 3. The molecule has 2 aromatic rings. The monoisotopic (exact) mass is 191 g/mol. The summed E-state index contributed by atoms with van der Waals surface area (Å²) in [6, 6.07) is 1.69. The summed E-state index contributed by atoms with van der Waals surface area (Å²) < 4.78 is 1.18. The van der Waals surface area contributed by atoms with Gasteiger partial charge in [0.05, 0.1) is 5.69 Å². The van der Waals surface area contributed by atoms with Gasteiger partial charge in [0.1, 0.15) is 0 Å². The SMILES string of the molecule is Nc1cncc(-c2nnc(N)n2N)c1. The molecular weight excluding hydrogens is 182 g/mol. The Balaban J connectivity index is 2.55. The third-order valence-corrected chi connectivity index (χ3v) is 1.74. The van der Waals surface area contributed by atoms with E-state index >= 15 is 0 Å². The molecule has 0 radical (unpaired) electrons. The highest BCUT2D eigenvalue weighted by atomic mass is 15.4. The van der Waals surface area contributed by atoms with Crippen molar-refractivity contribution in [2.45, 2.75) is 0 Å². The van der Waals surface area contributed by atoms with Crippen LogP contribution in [0.5, 0.6) is 0 Å². The molecule has 0 unspecified atom stereocenters. The van der Waals surface area contributed by atoms with Crippen LogP contribution in [0.25, 0.3) is 11.4 Å². The highest BCUT2D eigenvalue weighted by molar-refractivity contribution is 5.60. The zero-order valence-electron chi connectivity index (χ0n) is 7.25. The Labute approximate surface area is 79.5 Å². The third kappa shape index (κ3) is 1.20. The van der Waals surface area contributed by atoms with Crippen LogP contribution in [0.2, 0.25) is 0 Å². The summed E-state index contributed by atoms with van der Waals surface area (Å²) in [5, 5.41) is 7.41. The van der Waals surface area contributed by atoms with E-state index in [1.165, 1.54) is 10.9 Å². The molecule has 0 atom stereocenters. The molecule has 0 saturated carbocycles. The van der Waals surface area contributed by atoms with Crippen molar-refractivity contribution in [1.82, 2.24) is 19.9 Å². The largest absolute Gasteiger partial charge is 0.397 e. The second kappa shape index (κ2) is 2.87. The van der Waals surface area contributed by atoms with Crippen LogP contribution >= 0.6 is 0 Å². The maximum atomic E-state index is 5.58. The number of aromatic nitrogens is 4. The first kappa shape index (κ1) is 8.30. The fraction of sp³-hybridized carbons (Fsp3) is 0. The predicted octanol–water partition coefficient (Wildman–Crippen LogP) is -0.782. The average Bonchev–Trinajstić information content (AvgIpc) is 2.48. The number of nitrogens with two attached hydrogens (primary N) is 3. The molecule has 0 fully saturated rings. The normalized spacial score (nSPS) is 10.3. The van der Waals surface area contributed by atoms with Gasteiger partial charge in [-0.3, -0.25) is 4.98 Å². The molecule has 7 heteroatoms. The quantitative estimate of drug-likeness (QED) is 0.508. The van der Waals surface area contributed by atoms with Crippen molar-refractivity contribution in [1.29, 1.82) is 0 Å². The standard InChI is InChI=1S/C7H9N7/c8-5-1-4(2-11-3-5)6-12-13-7(9)14(6)10/h1-3H,8,10H2,(H2,9,13). The van der Waals surface area contributed by atoms with Crippen LogP contribution in [0.4, 0.5) is 11.6 Å². The van der Waals surface area contributed by atoms with Crippen LogP contribution in [0.1, 0.15) is 0 Å². The number of hydrogen-bond donors (Lipinski definition) is 3. The highest BCUT2D eigenvalue weighted by Crippen LogP contribution is 2.17. The lowest BCUT2D eigenvalue weighted by Gasteiger charge is -2.00. The Kier molecular flexibility index (Phi) is 1.70. The van der Waals surface area contributed by atoms with Gasteiger partial charge in [-0.2, -0.15) is 0 Å². The third-order valence-electron chi connectivity index (χ3n) is 1.74. The summed E-state index contributed by atoms with van der Waals surface area (Å²) >= 11 is 0. The Morgan fingerprint density at radius 1 is 1.14 bits per heavy atom. The summed E-state index contributed by atoms with van der Waals surface area (Å²) in [4.78, 5) is 3.91. The number of anilines is 2. The van der Waals surface area contributed by atoms with Crippen LogP contribution in [0.3, 0.4) is 0 Å². The Bertz CT molecular complexity index is 461. The van der Waals surface area contributed by atoms with E-state index in [4.69, 9.17) is 17.3 Å². The minimum absolute atomic E-state index is 0.141. The molecule has 0 saturated heterocycles. The van der Waals surface area contributed by atoms with Crippen LogP contribution < -0.4 is 17.3 Å². The number of rotatable bonds is 1. The molecule has 14 heavy (non-hydrogen) atoms. The van der Waals surface area contributed by atoms with Crippen molar-refractivity contribution in [3.05, 3.63) is 18.5 Å². The summed E-state index contributed by atoms with van der Waals surface area (Å²) in [6.07, 6.45) is 3.12. The summed E-state index contributed by atoms with van der Waals surface area (Å²) in [5.74, 6) is 6.16. The van der Waals surface area contributed by atoms with Crippen molar-refractivity contribution >= 4 is 11.6 Å². The van der Waals surface area contributed by atoms with Crippen molar-refractivity contribution in [3.8, 4) is 11.4 Å². The van der Waals surface area contributed by atoms with Crippen LogP contribution in [-0.4, -0.2) is 19.9 Å². The molecule has 2 rings (SSSR count). The van der Waals surface area contributed by atoms with E-state index < -0.39 is 0 Å². The highest BCUT2D eigenvalue weighted by Gasteiger charge is 2.09. The second-order valence-electron chi connectivity index (χ2n) is 2.76. The summed E-state index contributed by atoms with van der Waals surface area (Å²) in [6.45, 7) is 0. The fourth-order valence-corrected chi connectivity index (χ4v) is 1.08. The predicted molar refractivity (Wildman–Crippen MR) is 52.2 cm³/mol. The van der Waals surface area contributed by atoms with Gasteiger partial charge in [-0.25, -0.2) is 4.68 Å². The molecule has 0 aliphatic rings. The van der Waals surface area contributed by atoms with Gasteiger partial charge in [-0.1, -0.05) is 0 Å². The van der Waals surface area contributed by atoms with Crippen LogP contribution in [0, 0.1) is 0 Å². The van der Waals surface area contributed by atoms with E-state index in [0.717, 1.165) is 0 Å². The van der Waals surface area contributed by atoms with Gasteiger partial charge in [-0.15, -0.1) is 10.2 Å². The Morgan fingerprint density at radius 2 is 1.93 bits per heavy atom. The molecule has 0 aromatic carbocycles. The van der Waals surface area contributed by atoms with Gasteiger partial charge in [0.25, 0.3) is 0 Å². The topological polar surface area (TPSA) is 122 Å². The maximum Gasteiger partial charge on any atom is 0.241 e. The van der Waals surface area contributed by atoms with Gasteiger partial charge >= 0.3 is 0 Å².